The van der Waals surface area contributed by atoms with Crippen molar-refractivity contribution < 1.29 is 18.3 Å². The highest BCUT2D eigenvalue weighted by Crippen LogP contribution is 2.24. The number of rotatable bonds is 3. The average molecular weight is 218 g/mol. The molecule has 0 aromatic rings. The number of hydrogen-bond acceptors (Lipinski definition) is 3. The van der Waals surface area contributed by atoms with Crippen LogP contribution in [0, 0.1) is 0 Å². The maximum absolute atomic E-state index is 10.8. The Labute approximate surface area is 85.6 Å². The number of hydrogen-bond donors (Lipinski definition) is 1. The van der Waals surface area contributed by atoms with E-state index in [2.05, 4.69) is 6.58 Å². The lowest BCUT2D eigenvalue weighted by Gasteiger charge is -2.25. The van der Waals surface area contributed by atoms with Crippen LogP contribution in [-0.2, 0) is 20.6 Å². The smallest absolute Gasteiger partial charge is 0.330 e. The molecule has 0 aromatic carbocycles. The van der Waals surface area contributed by atoms with E-state index in [1.54, 1.807) is 0 Å². The molecule has 1 atom stereocenters. The van der Waals surface area contributed by atoms with E-state index < -0.39 is 17.0 Å². The monoisotopic (exact) mass is 218 g/mol. The summed E-state index contributed by atoms with van der Waals surface area (Å²) in [5.41, 5.74) is 0. The Morgan fingerprint density at radius 2 is 2.00 bits per heavy atom. The Morgan fingerprint density at radius 1 is 1.43 bits per heavy atom. The Hall–Kier alpha value is -0.680. The third kappa shape index (κ3) is 3.23. The minimum atomic E-state index is -1.74. The predicted molar refractivity (Wildman–Crippen MR) is 53.1 cm³/mol. The van der Waals surface area contributed by atoms with Crippen LogP contribution in [0.3, 0.4) is 0 Å². The average Bonchev–Trinajstić information content (AvgIpc) is 2.18. The molecule has 14 heavy (non-hydrogen) atoms. The Balaban J connectivity index is 2.32. The van der Waals surface area contributed by atoms with Crippen molar-refractivity contribution in [1.29, 1.82) is 0 Å². The molecule has 1 N–H and O–H groups in total. The summed E-state index contributed by atoms with van der Waals surface area (Å²) in [6.07, 6.45) is 3.63. The topological polar surface area (TPSA) is 63.6 Å². The summed E-state index contributed by atoms with van der Waals surface area (Å²) in [5.74, 6) is -0.418. The van der Waals surface area contributed by atoms with Crippen LogP contribution in [0.15, 0.2) is 12.7 Å². The molecule has 0 amide bonds. The summed E-state index contributed by atoms with van der Waals surface area (Å²) >= 11 is -1.74. The van der Waals surface area contributed by atoms with E-state index in [4.69, 9.17) is 9.29 Å². The quantitative estimate of drug-likeness (QED) is 0.440. The zero-order chi connectivity index (χ0) is 10.6. The second kappa shape index (κ2) is 5.26. The van der Waals surface area contributed by atoms with Gasteiger partial charge in [-0.1, -0.05) is 6.58 Å². The van der Waals surface area contributed by atoms with Crippen molar-refractivity contribution >= 4 is 17.0 Å². The number of esters is 1. The molecule has 80 valence electrons. The molecule has 0 heterocycles. The maximum atomic E-state index is 10.8. The summed E-state index contributed by atoms with van der Waals surface area (Å²) in [4.78, 5) is 10.8. The van der Waals surface area contributed by atoms with Gasteiger partial charge in [0, 0.05) is 6.08 Å². The van der Waals surface area contributed by atoms with E-state index in [9.17, 15) is 9.00 Å². The molecule has 1 unspecified atom stereocenters. The van der Waals surface area contributed by atoms with Crippen molar-refractivity contribution in [3.63, 3.8) is 0 Å². The van der Waals surface area contributed by atoms with Crippen molar-refractivity contribution in [3.8, 4) is 0 Å². The van der Waals surface area contributed by atoms with Crippen LogP contribution in [0.5, 0.6) is 0 Å². The van der Waals surface area contributed by atoms with Gasteiger partial charge in [-0.3, -0.25) is 0 Å². The van der Waals surface area contributed by atoms with Crippen molar-refractivity contribution in [2.24, 2.45) is 0 Å². The minimum Gasteiger partial charge on any atom is -0.459 e. The fourth-order valence-electron chi connectivity index (χ4n) is 1.56. The normalized spacial score (nSPS) is 29.2. The van der Waals surface area contributed by atoms with Crippen LogP contribution in [0.4, 0.5) is 0 Å². The van der Waals surface area contributed by atoms with E-state index in [1.165, 1.54) is 0 Å². The first-order chi connectivity index (χ1) is 6.63. The first-order valence-electron chi connectivity index (χ1n) is 4.56. The predicted octanol–water partition coefficient (Wildman–Crippen LogP) is 1.25. The molecule has 1 aliphatic carbocycles. The molecule has 4 nitrogen and oxygen atoms in total. The summed E-state index contributed by atoms with van der Waals surface area (Å²) in [6, 6.07) is 0. The van der Waals surface area contributed by atoms with Crippen molar-refractivity contribution in [2.45, 2.75) is 37.0 Å². The van der Waals surface area contributed by atoms with Crippen LogP contribution in [0.25, 0.3) is 0 Å². The molecule has 0 saturated heterocycles. The molecular weight excluding hydrogens is 204 g/mol. The van der Waals surface area contributed by atoms with Gasteiger partial charge in [0.15, 0.2) is 11.1 Å². The van der Waals surface area contributed by atoms with E-state index >= 15 is 0 Å². The van der Waals surface area contributed by atoms with Crippen LogP contribution >= 0.6 is 0 Å². The molecule has 0 aliphatic heterocycles. The van der Waals surface area contributed by atoms with Crippen LogP contribution in [0.1, 0.15) is 25.7 Å². The largest absolute Gasteiger partial charge is 0.459 e. The molecule has 0 aromatic heterocycles. The summed E-state index contributed by atoms with van der Waals surface area (Å²) in [6.45, 7) is 3.31. The Morgan fingerprint density at radius 3 is 2.43 bits per heavy atom. The van der Waals surface area contributed by atoms with Gasteiger partial charge in [-0.25, -0.2) is 9.00 Å². The Kier molecular flexibility index (Phi) is 4.28. The van der Waals surface area contributed by atoms with Gasteiger partial charge >= 0.3 is 5.97 Å². The van der Waals surface area contributed by atoms with E-state index in [0.29, 0.717) is 25.7 Å². The highest BCUT2D eigenvalue weighted by Gasteiger charge is 2.26. The molecule has 0 radical (unpaired) electrons. The van der Waals surface area contributed by atoms with Gasteiger partial charge in [0.1, 0.15) is 6.10 Å². The van der Waals surface area contributed by atoms with Crippen molar-refractivity contribution in [2.75, 3.05) is 0 Å². The van der Waals surface area contributed by atoms with E-state index in [-0.39, 0.29) is 11.4 Å². The summed E-state index contributed by atoms with van der Waals surface area (Å²) in [5, 5.41) is -0.159. The zero-order valence-electron chi connectivity index (χ0n) is 7.85. The van der Waals surface area contributed by atoms with Gasteiger partial charge in [-0.2, -0.15) is 0 Å². The highest BCUT2D eigenvalue weighted by atomic mass is 32.2. The van der Waals surface area contributed by atoms with Gasteiger partial charge < -0.3 is 9.29 Å². The standard InChI is InChI=1S/C9H14O4S/c1-2-9(10)13-7-3-5-8(6-4-7)14(11)12/h2,7-8H,1,3-6H2,(H,11,12). The third-order valence-corrected chi connectivity index (χ3v) is 3.40. The van der Waals surface area contributed by atoms with Gasteiger partial charge in [-0.15, -0.1) is 0 Å². The SMILES string of the molecule is C=CC(=O)OC1CCC(S(=O)O)CC1. The summed E-state index contributed by atoms with van der Waals surface area (Å²) < 4.78 is 24.6. The molecular formula is C9H14O4S. The fraction of sp³-hybridized carbons (Fsp3) is 0.667. The van der Waals surface area contributed by atoms with Crippen molar-refractivity contribution in [3.05, 3.63) is 12.7 Å². The Bertz CT molecular complexity index is 243. The first-order valence-corrected chi connectivity index (χ1v) is 5.73. The molecule has 0 bridgehead atoms. The number of ether oxygens (including phenoxy) is 1. The van der Waals surface area contributed by atoms with Crippen LogP contribution < -0.4 is 0 Å². The van der Waals surface area contributed by atoms with Gasteiger partial charge in [-0.05, 0) is 25.7 Å². The molecule has 1 fully saturated rings. The lowest BCUT2D eigenvalue weighted by molar-refractivity contribution is -0.144. The van der Waals surface area contributed by atoms with E-state index in [0.717, 1.165) is 6.08 Å². The number of carbonyl (C=O) groups excluding carboxylic acids is 1. The third-order valence-electron chi connectivity index (χ3n) is 2.36. The second-order valence-electron chi connectivity index (χ2n) is 3.32. The lowest BCUT2D eigenvalue weighted by Crippen LogP contribution is -2.28. The second-order valence-corrected chi connectivity index (χ2v) is 4.53. The number of carbonyl (C=O) groups is 1. The highest BCUT2D eigenvalue weighted by molar-refractivity contribution is 7.79. The summed E-state index contributed by atoms with van der Waals surface area (Å²) in [7, 11) is 0. The van der Waals surface area contributed by atoms with Crippen LogP contribution in [0.2, 0.25) is 0 Å². The van der Waals surface area contributed by atoms with Crippen molar-refractivity contribution in [1.82, 2.24) is 0 Å². The molecule has 1 saturated carbocycles. The fourth-order valence-corrected chi connectivity index (χ4v) is 2.24. The molecule has 0 spiro atoms. The van der Waals surface area contributed by atoms with Gasteiger partial charge in [0.25, 0.3) is 0 Å². The molecule has 1 aliphatic rings. The minimum absolute atomic E-state index is 0.111. The van der Waals surface area contributed by atoms with Gasteiger partial charge in [0.05, 0.1) is 5.25 Å². The molecule has 1 rings (SSSR count). The molecule has 5 heteroatoms. The first kappa shape index (κ1) is 11.4. The van der Waals surface area contributed by atoms with Crippen LogP contribution in [-0.4, -0.2) is 26.1 Å². The maximum Gasteiger partial charge on any atom is 0.330 e. The zero-order valence-corrected chi connectivity index (χ0v) is 8.66. The van der Waals surface area contributed by atoms with E-state index in [1.807, 2.05) is 0 Å². The lowest BCUT2D eigenvalue weighted by atomic mass is 9.97. The van der Waals surface area contributed by atoms with Gasteiger partial charge in [0.2, 0.25) is 0 Å².